The van der Waals surface area contributed by atoms with E-state index < -0.39 is 59.8 Å². The molecule has 0 spiro atoms. The number of ether oxygens (including phenoxy) is 4. The predicted octanol–water partition coefficient (Wildman–Crippen LogP) is 15.2. The molecule has 4 N–H and O–H groups in total. The Morgan fingerprint density at radius 2 is 0.892 bits per heavy atom. The fourth-order valence-electron chi connectivity index (χ4n) is 9.07. The highest BCUT2D eigenvalue weighted by atomic mass is 32.3. The molecule has 13 heteroatoms. The van der Waals surface area contributed by atoms with Gasteiger partial charge < -0.3 is 34.3 Å². The number of allylic oxidation sites excluding steroid dienone is 10. The summed E-state index contributed by atoms with van der Waals surface area (Å²) in [4.78, 5) is 13.0. The zero-order valence-corrected chi connectivity index (χ0v) is 47.7. The van der Waals surface area contributed by atoms with Gasteiger partial charge in [-0.1, -0.05) is 229 Å². The van der Waals surface area contributed by atoms with E-state index in [1.807, 2.05) is 0 Å². The second kappa shape index (κ2) is 51.6. The average Bonchev–Trinajstić information content (AvgIpc) is 3.38. The zero-order valence-electron chi connectivity index (χ0n) is 46.9. The molecule has 74 heavy (non-hydrogen) atoms. The molecule has 1 fully saturated rings. The van der Waals surface area contributed by atoms with Crippen LogP contribution in [0.15, 0.2) is 60.8 Å². The fraction of sp³-hybridized carbons (Fsp3) is 0.820. The fourth-order valence-corrected chi connectivity index (χ4v) is 9.57. The van der Waals surface area contributed by atoms with Crippen LogP contribution in [0.4, 0.5) is 0 Å². The third-order valence-corrected chi connectivity index (χ3v) is 14.1. The first-order chi connectivity index (χ1) is 36.1. The Balaban J connectivity index is 2.29. The van der Waals surface area contributed by atoms with Crippen LogP contribution in [0.25, 0.3) is 0 Å². The second-order valence-electron chi connectivity index (χ2n) is 20.6. The van der Waals surface area contributed by atoms with Gasteiger partial charge in [-0.05, 0) is 83.5 Å². The van der Waals surface area contributed by atoms with Gasteiger partial charge in [0.2, 0.25) is 0 Å². The maximum absolute atomic E-state index is 13.0. The number of carbonyl (C=O) groups excluding carboxylic acids is 1. The van der Waals surface area contributed by atoms with E-state index in [0.29, 0.717) is 13.0 Å². The van der Waals surface area contributed by atoms with Gasteiger partial charge in [-0.3, -0.25) is 9.35 Å². The highest BCUT2D eigenvalue weighted by molar-refractivity contribution is 7.80. The molecule has 0 aromatic carbocycles. The van der Waals surface area contributed by atoms with Crippen LogP contribution in [0.2, 0.25) is 0 Å². The number of aliphatic hydroxyl groups excluding tert-OH is 3. The van der Waals surface area contributed by atoms with Gasteiger partial charge in [-0.25, -0.2) is 4.18 Å². The Morgan fingerprint density at radius 1 is 0.514 bits per heavy atom. The Kier molecular flexibility index (Phi) is 48.6. The lowest BCUT2D eigenvalue weighted by molar-refractivity contribution is -0.301. The normalized spacial score (nSPS) is 19.1. The average molecular weight is 1070 g/mol. The van der Waals surface area contributed by atoms with E-state index >= 15 is 0 Å². The maximum Gasteiger partial charge on any atom is 0.397 e. The monoisotopic (exact) mass is 1070 g/mol. The van der Waals surface area contributed by atoms with Gasteiger partial charge in [-0.15, -0.1) is 0 Å². The van der Waals surface area contributed by atoms with Crippen molar-refractivity contribution < 1.29 is 56.2 Å². The summed E-state index contributed by atoms with van der Waals surface area (Å²) in [5, 5.41) is 30.9. The Labute approximate surface area is 452 Å². The van der Waals surface area contributed by atoms with Gasteiger partial charge in [-0.2, -0.15) is 8.42 Å². The van der Waals surface area contributed by atoms with Gasteiger partial charge in [0, 0.05) is 13.0 Å². The molecule has 6 atom stereocenters. The smallest absolute Gasteiger partial charge is 0.397 e. The van der Waals surface area contributed by atoms with Crippen LogP contribution in [0.3, 0.4) is 0 Å². The molecule has 0 amide bonds. The third kappa shape index (κ3) is 43.9. The van der Waals surface area contributed by atoms with E-state index in [9.17, 15) is 33.1 Å². The van der Waals surface area contributed by atoms with Gasteiger partial charge in [0.15, 0.2) is 6.29 Å². The molecule has 0 bridgehead atoms. The van der Waals surface area contributed by atoms with Crippen molar-refractivity contribution >= 4 is 16.4 Å². The number of hydrogen-bond donors (Lipinski definition) is 4. The van der Waals surface area contributed by atoms with Crippen molar-refractivity contribution in [2.45, 2.75) is 295 Å². The number of unbranched alkanes of at least 4 members (excludes halogenated alkanes) is 30. The summed E-state index contributed by atoms with van der Waals surface area (Å²) in [7, 11) is -5.07. The van der Waals surface area contributed by atoms with Crippen molar-refractivity contribution in [3.63, 3.8) is 0 Å². The number of aliphatic hydroxyl groups is 3. The molecule has 0 saturated carbocycles. The lowest BCUT2D eigenvalue weighted by Gasteiger charge is -2.41. The number of esters is 1. The molecule has 12 nitrogen and oxygen atoms in total. The van der Waals surface area contributed by atoms with E-state index in [1.165, 1.54) is 154 Å². The van der Waals surface area contributed by atoms with Crippen molar-refractivity contribution in [2.75, 3.05) is 26.4 Å². The molecule has 432 valence electrons. The van der Waals surface area contributed by atoms with E-state index in [0.717, 1.165) is 77.0 Å². The summed E-state index contributed by atoms with van der Waals surface area (Å²) in [6.45, 7) is 3.99. The van der Waals surface area contributed by atoms with Crippen LogP contribution in [0.1, 0.15) is 258 Å². The molecule has 0 aromatic rings. The van der Waals surface area contributed by atoms with Gasteiger partial charge in [0.1, 0.15) is 30.5 Å². The van der Waals surface area contributed by atoms with Gasteiger partial charge in [0.05, 0.1) is 19.8 Å². The molecule has 1 aliphatic rings. The largest absolute Gasteiger partial charge is 0.457 e. The topological polar surface area (TPSA) is 178 Å². The van der Waals surface area contributed by atoms with Crippen molar-refractivity contribution in [1.29, 1.82) is 0 Å². The Hall–Kier alpha value is -2.20. The highest BCUT2D eigenvalue weighted by Gasteiger charge is 2.48. The Morgan fingerprint density at radius 3 is 1.30 bits per heavy atom. The van der Waals surface area contributed by atoms with Crippen LogP contribution < -0.4 is 0 Å². The first kappa shape index (κ1) is 69.8. The standard InChI is InChI=1S/C61H110O12S/c1-3-5-7-9-11-13-15-17-19-21-23-25-26-27-28-29-31-33-35-37-39-41-43-45-47-49-51-69-53-55(54-70-61-59(65)60(73-74(66,67)68)58(64)56(52-62)72-61)71-57(63)50-48-46-44-42-40-38-36-34-32-30-24-22-20-18-16-14-12-10-8-6-4-2/h15-18,21-24,32,34,55-56,58-62,64-65H,3-14,19-20,25-31,33,35-54H2,1-2H3,(H,66,67,68)/b17-15-,18-16-,23-21-,24-22-,34-32-. The van der Waals surface area contributed by atoms with E-state index in [-0.39, 0.29) is 19.6 Å². The quantitative estimate of drug-likeness (QED) is 0.0196. The van der Waals surface area contributed by atoms with Gasteiger partial charge in [0.25, 0.3) is 0 Å². The summed E-state index contributed by atoms with van der Waals surface area (Å²) in [6, 6.07) is 0. The summed E-state index contributed by atoms with van der Waals surface area (Å²) < 4.78 is 59.5. The minimum Gasteiger partial charge on any atom is -0.457 e. The van der Waals surface area contributed by atoms with Crippen LogP contribution in [0, 0.1) is 0 Å². The molecule has 0 aliphatic carbocycles. The highest BCUT2D eigenvalue weighted by Crippen LogP contribution is 2.26. The van der Waals surface area contributed by atoms with Crippen molar-refractivity contribution in [3.8, 4) is 0 Å². The van der Waals surface area contributed by atoms with Crippen LogP contribution in [0.5, 0.6) is 0 Å². The predicted molar refractivity (Wildman–Crippen MR) is 303 cm³/mol. The Bertz CT molecular complexity index is 1510. The molecule has 6 unspecified atom stereocenters. The van der Waals surface area contributed by atoms with Gasteiger partial charge >= 0.3 is 16.4 Å². The number of hydrogen-bond acceptors (Lipinski definition) is 11. The van der Waals surface area contributed by atoms with Crippen molar-refractivity contribution in [1.82, 2.24) is 0 Å². The molecule has 1 aliphatic heterocycles. The minimum atomic E-state index is -5.07. The SMILES string of the molecule is CCCCCCC/C=C\C/C=C\C/C=C\CCCCCCCCC(=O)OC(COCCCCCCCCCCCCCCCC/C=C\C/C=C\CCCCCCC)COC1OC(CO)C(O)C(OS(=O)(=O)O)C1O. The number of carbonyl (C=O) groups is 1. The molecular weight excluding hydrogens is 957 g/mol. The molecule has 0 radical (unpaired) electrons. The first-order valence-electron chi connectivity index (χ1n) is 30.0. The number of rotatable bonds is 53. The molecular formula is C61H110O12S. The first-order valence-corrected chi connectivity index (χ1v) is 31.4. The van der Waals surface area contributed by atoms with E-state index in [2.05, 4.69) is 78.8 Å². The zero-order chi connectivity index (χ0) is 53.8. The second-order valence-corrected chi connectivity index (χ2v) is 21.6. The van der Waals surface area contributed by atoms with Crippen LogP contribution in [-0.4, -0.2) is 97.5 Å². The molecule has 1 rings (SSSR count). The molecule has 1 saturated heterocycles. The summed E-state index contributed by atoms with van der Waals surface area (Å²) >= 11 is 0. The lowest BCUT2D eigenvalue weighted by Crippen LogP contribution is -2.60. The maximum atomic E-state index is 13.0. The summed E-state index contributed by atoms with van der Waals surface area (Å²) in [6.07, 6.45) is 58.3. The van der Waals surface area contributed by atoms with Crippen molar-refractivity contribution in [3.05, 3.63) is 60.8 Å². The van der Waals surface area contributed by atoms with Crippen LogP contribution >= 0.6 is 0 Å². The summed E-state index contributed by atoms with van der Waals surface area (Å²) in [5.41, 5.74) is 0. The van der Waals surface area contributed by atoms with E-state index in [1.54, 1.807) is 0 Å². The van der Waals surface area contributed by atoms with E-state index in [4.69, 9.17) is 18.9 Å². The van der Waals surface area contributed by atoms with Crippen LogP contribution in [-0.2, 0) is 38.3 Å². The third-order valence-electron chi connectivity index (χ3n) is 13.6. The lowest BCUT2D eigenvalue weighted by atomic mass is 9.99. The van der Waals surface area contributed by atoms with Crippen molar-refractivity contribution in [2.24, 2.45) is 0 Å². The molecule has 0 aromatic heterocycles. The molecule has 1 heterocycles. The minimum absolute atomic E-state index is 0.0295. The summed E-state index contributed by atoms with van der Waals surface area (Å²) in [5.74, 6) is -0.409.